The lowest BCUT2D eigenvalue weighted by Gasteiger charge is -2.15. The average Bonchev–Trinajstić information content (AvgIpc) is 2.93. The molecule has 0 spiro atoms. The van der Waals surface area contributed by atoms with E-state index < -0.39 is 0 Å². The number of hydrogen-bond acceptors (Lipinski definition) is 3. The van der Waals surface area contributed by atoms with Crippen LogP contribution in [0, 0.1) is 0 Å². The first-order valence-corrected chi connectivity index (χ1v) is 5.94. The van der Waals surface area contributed by atoms with Crippen molar-refractivity contribution in [1.29, 1.82) is 0 Å². The average molecular weight is 202 g/mol. The first-order chi connectivity index (χ1) is 6.13. The van der Waals surface area contributed by atoms with Gasteiger partial charge in [0, 0.05) is 11.3 Å². The lowest BCUT2D eigenvalue weighted by Crippen LogP contribution is -2.43. The van der Waals surface area contributed by atoms with E-state index in [1.54, 1.807) is 0 Å². The van der Waals surface area contributed by atoms with Crippen molar-refractivity contribution in [3.8, 4) is 0 Å². The third-order valence-corrected chi connectivity index (χ3v) is 4.02. The minimum atomic E-state index is -0.336. The third-order valence-electron chi connectivity index (χ3n) is 2.60. The highest BCUT2D eigenvalue weighted by Gasteiger charge is 2.42. The number of carbonyl (C=O) groups excluding carboxylic acids is 1. The van der Waals surface area contributed by atoms with Crippen molar-refractivity contribution >= 4 is 17.7 Å². The molecular weight excluding hydrogens is 184 g/mol. The minimum Gasteiger partial charge on any atom is -0.353 e. The Hall–Kier alpha value is -0.220. The summed E-state index contributed by atoms with van der Waals surface area (Å²) in [4.78, 5) is 11.3. The number of amides is 1. The summed E-state index contributed by atoms with van der Waals surface area (Å²) in [6.07, 6.45) is 5.24. The van der Waals surface area contributed by atoms with E-state index in [1.807, 2.05) is 18.7 Å². The molecule has 1 rings (SSSR count). The topological polar surface area (TPSA) is 55.1 Å². The molecule has 3 N–H and O–H groups in total. The zero-order valence-electron chi connectivity index (χ0n) is 8.30. The Morgan fingerprint density at radius 3 is 2.69 bits per heavy atom. The van der Waals surface area contributed by atoms with Crippen LogP contribution >= 0.6 is 11.8 Å². The van der Waals surface area contributed by atoms with E-state index >= 15 is 0 Å². The molecule has 4 heteroatoms. The Morgan fingerprint density at radius 2 is 2.31 bits per heavy atom. The van der Waals surface area contributed by atoms with Gasteiger partial charge in [-0.15, -0.1) is 0 Å². The number of carbonyl (C=O) groups is 1. The Bertz CT molecular complexity index is 192. The second kappa shape index (κ2) is 4.33. The van der Waals surface area contributed by atoms with Crippen molar-refractivity contribution in [3.63, 3.8) is 0 Å². The van der Waals surface area contributed by atoms with Crippen LogP contribution < -0.4 is 11.1 Å². The van der Waals surface area contributed by atoms with Gasteiger partial charge in [0.15, 0.2) is 0 Å². The van der Waals surface area contributed by atoms with Crippen LogP contribution in [0.15, 0.2) is 0 Å². The lowest BCUT2D eigenvalue weighted by atomic mass is 10.2. The number of nitrogens with one attached hydrogen (secondary N) is 1. The first kappa shape index (κ1) is 10.9. The Labute approximate surface area is 83.8 Å². The molecule has 1 fully saturated rings. The predicted octanol–water partition coefficient (Wildman–Crippen LogP) is 0.735. The van der Waals surface area contributed by atoms with Crippen molar-refractivity contribution in [1.82, 2.24) is 5.32 Å². The summed E-state index contributed by atoms with van der Waals surface area (Å²) >= 11 is 1.84. The highest BCUT2D eigenvalue weighted by Crippen LogP contribution is 2.46. The molecule has 0 aromatic rings. The summed E-state index contributed by atoms with van der Waals surface area (Å²) in [5.41, 5.74) is 5.59. The summed E-state index contributed by atoms with van der Waals surface area (Å²) in [5.74, 6) is -0.0113. The van der Waals surface area contributed by atoms with Crippen LogP contribution in [0.1, 0.15) is 26.2 Å². The number of rotatable bonds is 5. The van der Waals surface area contributed by atoms with Crippen LogP contribution in [-0.2, 0) is 4.79 Å². The SMILES string of the molecule is CC[C@@H](N)C(=O)NCC1(SC)CC1. The van der Waals surface area contributed by atoms with Gasteiger partial charge in [-0.2, -0.15) is 11.8 Å². The quantitative estimate of drug-likeness (QED) is 0.691. The van der Waals surface area contributed by atoms with Gasteiger partial charge in [0.2, 0.25) is 5.91 Å². The predicted molar refractivity (Wildman–Crippen MR) is 56.8 cm³/mol. The molecule has 1 saturated carbocycles. The fraction of sp³-hybridized carbons (Fsp3) is 0.889. The summed E-state index contributed by atoms with van der Waals surface area (Å²) in [6.45, 7) is 2.70. The fourth-order valence-electron chi connectivity index (χ4n) is 1.16. The van der Waals surface area contributed by atoms with Gasteiger partial charge in [0.05, 0.1) is 6.04 Å². The van der Waals surface area contributed by atoms with Crippen LogP contribution in [0.25, 0.3) is 0 Å². The Balaban J connectivity index is 2.22. The highest BCUT2D eigenvalue weighted by atomic mass is 32.2. The molecule has 13 heavy (non-hydrogen) atoms. The lowest BCUT2D eigenvalue weighted by molar-refractivity contribution is -0.122. The largest absolute Gasteiger partial charge is 0.353 e. The molecule has 1 aliphatic rings. The molecule has 0 radical (unpaired) electrons. The zero-order valence-corrected chi connectivity index (χ0v) is 9.12. The molecule has 0 heterocycles. The van der Waals surface area contributed by atoms with Gasteiger partial charge < -0.3 is 11.1 Å². The van der Waals surface area contributed by atoms with E-state index in [0.717, 1.165) is 6.54 Å². The monoisotopic (exact) mass is 202 g/mol. The summed E-state index contributed by atoms with van der Waals surface area (Å²) in [5, 5.41) is 2.90. The maximum Gasteiger partial charge on any atom is 0.236 e. The Kier molecular flexibility index (Phi) is 3.62. The van der Waals surface area contributed by atoms with Gasteiger partial charge in [0.25, 0.3) is 0 Å². The molecule has 0 aliphatic heterocycles. The van der Waals surface area contributed by atoms with E-state index in [-0.39, 0.29) is 11.9 Å². The first-order valence-electron chi connectivity index (χ1n) is 4.72. The molecule has 0 saturated heterocycles. The summed E-state index contributed by atoms with van der Waals surface area (Å²) in [6, 6.07) is -0.336. The van der Waals surface area contributed by atoms with Crippen molar-refractivity contribution in [3.05, 3.63) is 0 Å². The molecule has 1 aliphatic carbocycles. The maximum absolute atomic E-state index is 11.3. The molecule has 1 atom stereocenters. The van der Waals surface area contributed by atoms with Gasteiger partial charge in [-0.05, 0) is 25.5 Å². The van der Waals surface area contributed by atoms with Gasteiger partial charge in [-0.3, -0.25) is 4.79 Å². The number of nitrogens with two attached hydrogens (primary N) is 1. The van der Waals surface area contributed by atoms with E-state index in [2.05, 4.69) is 11.6 Å². The molecule has 0 unspecified atom stereocenters. The van der Waals surface area contributed by atoms with Crippen molar-refractivity contribution in [2.75, 3.05) is 12.8 Å². The fourth-order valence-corrected chi connectivity index (χ4v) is 1.88. The van der Waals surface area contributed by atoms with Crippen LogP contribution in [0.2, 0.25) is 0 Å². The maximum atomic E-state index is 11.3. The summed E-state index contributed by atoms with van der Waals surface area (Å²) in [7, 11) is 0. The second-order valence-corrected chi connectivity index (χ2v) is 4.89. The molecule has 3 nitrogen and oxygen atoms in total. The molecule has 0 bridgehead atoms. The number of hydrogen-bond donors (Lipinski definition) is 2. The smallest absolute Gasteiger partial charge is 0.236 e. The van der Waals surface area contributed by atoms with E-state index in [4.69, 9.17) is 5.73 Å². The van der Waals surface area contributed by atoms with E-state index in [9.17, 15) is 4.79 Å². The van der Waals surface area contributed by atoms with Crippen LogP contribution in [0.3, 0.4) is 0 Å². The number of thioether (sulfide) groups is 1. The van der Waals surface area contributed by atoms with E-state index in [1.165, 1.54) is 12.8 Å². The van der Waals surface area contributed by atoms with Gasteiger partial charge >= 0.3 is 0 Å². The Morgan fingerprint density at radius 1 is 1.69 bits per heavy atom. The summed E-state index contributed by atoms with van der Waals surface area (Å²) < 4.78 is 0.336. The van der Waals surface area contributed by atoms with Gasteiger partial charge in [0.1, 0.15) is 0 Å². The molecule has 0 aromatic carbocycles. The molecule has 0 aromatic heterocycles. The van der Waals surface area contributed by atoms with Crippen LogP contribution in [-0.4, -0.2) is 29.5 Å². The third kappa shape index (κ3) is 2.88. The zero-order chi connectivity index (χ0) is 9.90. The standard InChI is InChI=1S/C9H18N2OS/c1-3-7(10)8(12)11-6-9(13-2)4-5-9/h7H,3-6,10H2,1-2H3,(H,11,12)/t7-/m1/s1. The van der Waals surface area contributed by atoms with Crippen molar-refractivity contribution in [2.45, 2.75) is 37.0 Å². The van der Waals surface area contributed by atoms with Crippen molar-refractivity contribution < 1.29 is 4.79 Å². The molecule has 76 valence electrons. The van der Waals surface area contributed by atoms with Gasteiger partial charge in [-0.1, -0.05) is 6.92 Å². The molecule has 1 amide bonds. The molecular formula is C9H18N2OS. The second-order valence-electron chi connectivity index (χ2n) is 3.62. The normalized spacial score (nSPS) is 20.8. The van der Waals surface area contributed by atoms with Gasteiger partial charge in [-0.25, -0.2) is 0 Å². The van der Waals surface area contributed by atoms with Crippen molar-refractivity contribution in [2.24, 2.45) is 5.73 Å². The minimum absolute atomic E-state index is 0.0113. The van der Waals surface area contributed by atoms with Crippen LogP contribution in [0.5, 0.6) is 0 Å². The van der Waals surface area contributed by atoms with E-state index in [0.29, 0.717) is 11.2 Å². The highest BCUT2D eigenvalue weighted by molar-refractivity contribution is 8.00. The van der Waals surface area contributed by atoms with Crippen LogP contribution in [0.4, 0.5) is 0 Å².